The number of nitrogen functional groups attached to an aromatic ring is 1. The van der Waals surface area contributed by atoms with Crippen molar-refractivity contribution in [1.29, 1.82) is 0 Å². The molecule has 0 radical (unpaired) electrons. The van der Waals surface area contributed by atoms with Crippen LogP contribution in [0.5, 0.6) is 0 Å². The Balaban J connectivity index is 1.14. The standard InChI is InChI=1S/C44H75BN10O8/c1-6-7-10-25-12-14-26(15-13-25)29-17-16-27(21-30(29)48)37(57)51-32(18-20-47)38(58)53-35(24(2)56)40(60)54-36(49)41(61)52-31(11-8-9-19-46)39(59)55-42(50)45-62-34-23-28-22-33(43(28,3)4)44(34,5)63-45/h16-17,21,24-26,28,31-36,42,56H,6-15,18-20,22-23,46-50H2,1-5H3,(H,51,57)(H,52,61)(H,53,58)(H,54,60)(H,55,59)/t24-,25?,26?,28+,31+,32+,33+,34?,35+,36-,42-,44+/m1/s1. The van der Waals surface area contributed by atoms with E-state index >= 15 is 0 Å². The molecule has 0 spiro atoms. The molecule has 1 aliphatic heterocycles. The fourth-order valence-corrected chi connectivity index (χ4v) is 10.4. The molecule has 19 heteroatoms. The van der Waals surface area contributed by atoms with Crippen molar-refractivity contribution in [3.8, 4) is 0 Å². The second-order valence-electron chi connectivity index (χ2n) is 19.2. The number of hydrogen-bond donors (Lipinski definition) is 11. The van der Waals surface area contributed by atoms with Gasteiger partial charge in [-0.2, -0.15) is 0 Å². The van der Waals surface area contributed by atoms with Gasteiger partial charge < -0.3 is 69.7 Å². The van der Waals surface area contributed by atoms with Gasteiger partial charge in [0.05, 0.1) is 17.8 Å². The molecule has 4 aliphatic carbocycles. The van der Waals surface area contributed by atoms with E-state index in [4.69, 9.17) is 38.0 Å². The number of amides is 5. The lowest BCUT2D eigenvalue weighted by atomic mass is 9.43. The van der Waals surface area contributed by atoms with E-state index in [9.17, 15) is 29.1 Å². The van der Waals surface area contributed by atoms with Gasteiger partial charge >= 0.3 is 7.12 Å². The summed E-state index contributed by atoms with van der Waals surface area (Å²) in [5, 5.41) is 23.3. The van der Waals surface area contributed by atoms with E-state index in [1.54, 1.807) is 12.1 Å². The number of carbonyl (C=O) groups is 5. The highest BCUT2D eigenvalue weighted by Crippen LogP contribution is 2.65. The molecule has 2 bridgehead atoms. The lowest BCUT2D eigenvalue weighted by Crippen LogP contribution is -2.65. The average molecular weight is 883 g/mol. The predicted molar refractivity (Wildman–Crippen MR) is 241 cm³/mol. The fourth-order valence-electron chi connectivity index (χ4n) is 10.4. The van der Waals surface area contributed by atoms with Crippen LogP contribution < -0.4 is 55.3 Å². The molecule has 1 saturated heterocycles. The van der Waals surface area contributed by atoms with Gasteiger partial charge in [-0.15, -0.1) is 0 Å². The van der Waals surface area contributed by atoms with Crippen LogP contribution in [0.25, 0.3) is 0 Å². The number of unbranched alkanes of at least 4 members (excludes halogenated alkanes) is 2. The van der Waals surface area contributed by atoms with E-state index in [2.05, 4.69) is 47.4 Å². The third-order valence-electron chi connectivity index (χ3n) is 14.5. The van der Waals surface area contributed by atoms with Crippen LogP contribution in [-0.2, 0) is 28.5 Å². The molecule has 1 aromatic rings. The van der Waals surface area contributed by atoms with Crippen molar-refractivity contribution >= 4 is 42.3 Å². The van der Waals surface area contributed by atoms with Crippen LogP contribution in [0.3, 0.4) is 0 Å². The molecule has 63 heavy (non-hydrogen) atoms. The van der Waals surface area contributed by atoms with E-state index in [1.165, 1.54) is 26.2 Å². The number of carbonyl (C=O) groups excluding carboxylic acids is 5. The SMILES string of the molecule is CCCCC1CCC(c2ccc(C(=O)N[C@@H](CCN)C(=O)N[C@H](C(=O)N[C@@H](N)C(=O)N[C@@H](CCCCN)C(=O)N[C@@H](N)B3OC4C[C@@H]5C[C@@H](C5(C)C)[C@]4(C)O3)[C@@H](C)O)cc2N)CC1. The van der Waals surface area contributed by atoms with Gasteiger partial charge in [-0.3, -0.25) is 24.0 Å². The highest BCUT2D eigenvalue weighted by molar-refractivity contribution is 6.47. The van der Waals surface area contributed by atoms with Crippen molar-refractivity contribution in [2.75, 3.05) is 18.8 Å². The lowest BCUT2D eigenvalue weighted by Gasteiger charge is -2.64. The van der Waals surface area contributed by atoms with Gasteiger partial charge in [-0.05, 0) is 138 Å². The summed E-state index contributed by atoms with van der Waals surface area (Å²) >= 11 is 0. The molecule has 18 nitrogen and oxygen atoms in total. The van der Waals surface area contributed by atoms with Crippen LogP contribution in [0.2, 0.25) is 0 Å². The molecule has 1 unspecified atom stereocenters. The van der Waals surface area contributed by atoms with Crippen molar-refractivity contribution in [3.63, 3.8) is 0 Å². The summed E-state index contributed by atoms with van der Waals surface area (Å²) in [6, 6.07) is 0.248. The van der Waals surface area contributed by atoms with Gasteiger partial charge in [0.15, 0.2) is 6.17 Å². The van der Waals surface area contributed by atoms with Crippen LogP contribution in [0.1, 0.15) is 140 Å². The van der Waals surface area contributed by atoms with Crippen molar-refractivity contribution in [3.05, 3.63) is 29.3 Å². The Kier molecular flexibility index (Phi) is 17.4. The first kappa shape index (κ1) is 50.2. The van der Waals surface area contributed by atoms with Crippen molar-refractivity contribution < 1.29 is 38.4 Å². The van der Waals surface area contributed by atoms with E-state index in [0.29, 0.717) is 42.8 Å². The summed E-state index contributed by atoms with van der Waals surface area (Å²) in [4.78, 5) is 67.3. The number of nitrogens with two attached hydrogens (primary N) is 5. The van der Waals surface area contributed by atoms with Gasteiger partial charge in [-0.25, -0.2) is 0 Å². The number of aliphatic hydroxyl groups is 1. The zero-order valence-electron chi connectivity index (χ0n) is 38.0. The normalized spacial score (nSPS) is 27.6. The molecule has 16 N–H and O–H groups in total. The predicted octanol–water partition coefficient (Wildman–Crippen LogP) is 0.729. The highest BCUT2D eigenvalue weighted by atomic mass is 16.7. The van der Waals surface area contributed by atoms with Gasteiger partial charge in [0.2, 0.25) is 17.7 Å². The Morgan fingerprint density at radius 2 is 1.52 bits per heavy atom. The summed E-state index contributed by atoms with van der Waals surface area (Å²) in [5.74, 6) is -1.98. The molecule has 5 amide bonds. The van der Waals surface area contributed by atoms with Gasteiger partial charge in [0.1, 0.15) is 24.2 Å². The van der Waals surface area contributed by atoms with E-state index in [-0.39, 0.29) is 36.5 Å². The smallest absolute Gasteiger partial charge is 0.403 e. The summed E-state index contributed by atoms with van der Waals surface area (Å²) in [5.41, 5.74) is 31.8. The summed E-state index contributed by atoms with van der Waals surface area (Å²) in [7, 11) is -0.897. The van der Waals surface area contributed by atoms with Gasteiger partial charge in [0, 0.05) is 11.3 Å². The van der Waals surface area contributed by atoms with Crippen molar-refractivity contribution in [1.82, 2.24) is 26.6 Å². The van der Waals surface area contributed by atoms with Crippen molar-refractivity contribution in [2.45, 2.75) is 172 Å². The number of nitrogens with one attached hydrogen (secondary N) is 5. The number of aliphatic hydroxyl groups excluding tert-OH is 1. The molecular formula is C44H75BN10O8. The number of anilines is 1. The largest absolute Gasteiger partial charge is 0.497 e. The van der Waals surface area contributed by atoms with Crippen LogP contribution in [0, 0.1) is 23.2 Å². The molecular weight excluding hydrogens is 807 g/mol. The minimum Gasteiger partial charge on any atom is -0.403 e. The second-order valence-corrected chi connectivity index (χ2v) is 19.2. The first-order valence-electron chi connectivity index (χ1n) is 23.2. The highest BCUT2D eigenvalue weighted by Gasteiger charge is 2.68. The van der Waals surface area contributed by atoms with Crippen molar-refractivity contribution in [2.24, 2.45) is 46.1 Å². The average Bonchev–Trinajstić information content (AvgIpc) is 3.61. The van der Waals surface area contributed by atoms with Gasteiger partial charge in [0.25, 0.3) is 11.8 Å². The summed E-state index contributed by atoms with van der Waals surface area (Å²) in [6.07, 6.45) is 7.94. The zero-order chi connectivity index (χ0) is 46.2. The third-order valence-corrected chi connectivity index (χ3v) is 14.5. The zero-order valence-corrected chi connectivity index (χ0v) is 38.0. The van der Waals surface area contributed by atoms with Gasteiger partial charge in [-0.1, -0.05) is 46.1 Å². The van der Waals surface area contributed by atoms with E-state index in [0.717, 1.165) is 50.0 Å². The maximum atomic E-state index is 13.6. The minimum atomic E-state index is -1.70. The molecule has 1 heterocycles. The van der Waals surface area contributed by atoms with Crippen LogP contribution in [-0.4, -0.2) is 103 Å². The number of hydrogen-bond acceptors (Lipinski definition) is 13. The molecule has 352 valence electrons. The molecule has 5 aliphatic rings. The summed E-state index contributed by atoms with van der Waals surface area (Å²) in [6.45, 7) is 10.4. The maximum Gasteiger partial charge on any atom is 0.497 e. The molecule has 6 rings (SSSR count). The second kappa shape index (κ2) is 21.9. The first-order valence-corrected chi connectivity index (χ1v) is 23.2. The third kappa shape index (κ3) is 11.9. The first-order chi connectivity index (χ1) is 29.8. The molecule has 4 saturated carbocycles. The maximum absolute atomic E-state index is 13.6. The number of rotatable bonds is 22. The Bertz CT molecular complexity index is 1760. The lowest BCUT2D eigenvalue weighted by molar-refractivity contribution is -0.199. The molecule has 0 aromatic heterocycles. The van der Waals surface area contributed by atoms with Crippen LogP contribution in [0.15, 0.2) is 18.2 Å². The van der Waals surface area contributed by atoms with E-state index < -0.39 is 78.7 Å². The fraction of sp³-hybridized carbons (Fsp3) is 0.750. The molecule has 10 atom stereocenters. The van der Waals surface area contributed by atoms with E-state index in [1.807, 2.05) is 13.0 Å². The quantitative estimate of drug-likeness (QED) is 0.0332. The minimum absolute atomic E-state index is 0.0117. The monoisotopic (exact) mass is 883 g/mol. The Hall–Kier alpha value is -3.85. The Morgan fingerprint density at radius 1 is 0.841 bits per heavy atom. The molecule has 5 fully saturated rings. The topological polar surface area (TPSA) is 314 Å². The Morgan fingerprint density at radius 3 is 2.14 bits per heavy atom. The van der Waals surface area contributed by atoms with Crippen LogP contribution >= 0.6 is 0 Å². The van der Waals surface area contributed by atoms with Crippen LogP contribution in [0.4, 0.5) is 5.69 Å². The summed E-state index contributed by atoms with van der Waals surface area (Å²) < 4.78 is 12.6. The Labute approximate surface area is 372 Å². The number of benzene rings is 1. The molecule has 1 aromatic carbocycles.